The molecule has 1 aliphatic heterocycles. The zero-order chi connectivity index (χ0) is 30.2. The normalized spacial score (nSPS) is 14.2. The molecule has 8 rings (SSSR count). The number of hydrogen-bond donors (Lipinski definition) is 0. The summed E-state index contributed by atoms with van der Waals surface area (Å²) in [4.78, 5) is 0. The highest BCUT2D eigenvalue weighted by molar-refractivity contribution is 6.22. The van der Waals surface area contributed by atoms with Gasteiger partial charge in [-0.15, -0.1) is 0 Å². The second-order valence-corrected chi connectivity index (χ2v) is 11.7. The zero-order valence-corrected chi connectivity index (χ0v) is 25.0. The largest absolute Gasteiger partial charge is 0.464 e. The van der Waals surface area contributed by atoms with Gasteiger partial charge in [-0.2, -0.15) is 0 Å². The summed E-state index contributed by atoms with van der Waals surface area (Å²) in [7, 11) is 0. The highest BCUT2D eigenvalue weighted by Gasteiger charge is 2.22. The summed E-state index contributed by atoms with van der Waals surface area (Å²) < 4.78 is 6.57. The third-order valence-corrected chi connectivity index (χ3v) is 9.01. The van der Waals surface area contributed by atoms with Gasteiger partial charge in [0.25, 0.3) is 0 Å². The Bertz CT molecular complexity index is 2180. The van der Waals surface area contributed by atoms with Crippen molar-refractivity contribution in [2.45, 2.75) is 12.8 Å². The fourth-order valence-corrected chi connectivity index (χ4v) is 6.88. The van der Waals surface area contributed by atoms with Gasteiger partial charge >= 0.3 is 0 Å². The Hall–Kier alpha value is -5.66. The molecule has 0 aliphatic carbocycles. The minimum Gasteiger partial charge on any atom is -0.464 e. The molecule has 1 heterocycles. The Morgan fingerprint density at radius 1 is 0.422 bits per heavy atom. The molecule has 0 unspecified atom stereocenters. The second-order valence-electron chi connectivity index (χ2n) is 11.7. The number of fused-ring (bicyclic) bond motifs is 3. The first kappa shape index (κ1) is 26.9. The van der Waals surface area contributed by atoms with Crippen molar-refractivity contribution < 1.29 is 4.74 Å². The van der Waals surface area contributed by atoms with Gasteiger partial charge in [-0.25, -0.2) is 0 Å². The number of hydrogen-bond acceptors (Lipinski definition) is 1. The molecular weight excluding hydrogens is 544 g/mol. The molecule has 0 saturated carbocycles. The molecule has 1 heteroatoms. The van der Waals surface area contributed by atoms with E-state index in [2.05, 4.69) is 158 Å². The van der Waals surface area contributed by atoms with Crippen LogP contribution in [0.5, 0.6) is 5.75 Å². The second kappa shape index (κ2) is 11.4. The molecule has 0 fully saturated rings. The average Bonchev–Trinajstić information content (AvgIpc) is 3.10. The van der Waals surface area contributed by atoms with Gasteiger partial charge in [-0.3, -0.25) is 0 Å². The maximum Gasteiger partial charge on any atom is 0.134 e. The molecule has 0 saturated heterocycles. The Labute approximate surface area is 264 Å². The molecule has 7 aromatic carbocycles. The summed E-state index contributed by atoms with van der Waals surface area (Å²) in [6, 6.07) is 54.0. The van der Waals surface area contributed by atoms with Gasteiger partial charge in [0.15, 0.2) is 0 Å². The van der Waals surface area contributed by atoms with Gasteiger partial charge in [0, 0.05) is 5.56 Å². The van der Waals surface area contributed by atoms with Gasteiger partial charge in [0.1, 0.15) is 5.75 Å². The Balaban J connectivity index is 1.29. The lowest BCUT2D eigenvalue weighted by Crippen LogP contribution is -2.01. The summed E-state index contributed by atoms with van der Waals surface area (Å²) in [6.45, 7) is 4.65. The SMILES string of the molecule is C=C1CC/C(c2cccc(-c3ccccc3)c2)=C\Oc2cccc(-c3c4ccccc4c(-c4ccccc4)c4ccccc34)c21. The van der Waals surface area contributed by atoms with Crippen LogP contribution < -0.4 is 4.74 Å². The van der Waals surface area contributed by atoms with E-state index in [0.717, 1.165) is 35.3 Å². The number of ether oxygens (including phenoxy) is 1. The molecule has 0 spiro atoms. The van der Waals surface area contributed by atoms with E-state index in [1.54, 1.807) is 0 Å². The predicted octanol–water partition coefficient (Wildman–Crippen LogP) is 12.2. The highest BCUT2D eigenvalue weighted by Crippen LogP contribution is 2.48. The quantitative estimate of drug-likeness (QED) is 0.189. The predicted molar refractivity (Wildman–Crippen MR) is 191 cm³/mol. The monoisotopic (exact) mass is 576 g/mol. The van der Waals surface area contributed by atoms with E-state index < -0.39 is 0 Å². The van der Waals surface area contributed by atoms with E-state index in [1.165, 1.54) is 60.5 Å². The van der Waals surface area contributed by atoms with Crippen LogP contribution >= 0.6 is 0 Å². The smallest absolute Gasteiger partial charge is 0.134 e. The van der Waals surface area contributed by atoms with Crippen molar-refractivity contribution in [1.29, 1.82) is 0 Å². The lowest BCUT2D eigenvalue weighted by molar-refractivity contribution is 0.478. The molecule has 1 nitrogen and oxygen atoms in total. The van der Waals surface area contributed by atoms with Crippen molar-refractivity contribution in [3.63, 3.8) is 0 Å². The van der Waals surface area contributed by atoms with Crippen molar-refractivity contribution in [1.82, 2.24) is 0 Å². The molecular formula is C44H32O. The highest BCUT2D eigenvalue weighted by atomic mass is 16.5. The van der Waals surface area contributed by atoms with Crippen LogP contribution in [-0.4, -0.2) is 0 Å². The average molecular weight is 577 g/mol. The fraction of sp³-hybridized carbons (Fsp3) is 0.0455. The molecule has 0 radical (unpaired) electrons. The molecule has 0 bridgehead atoms. The van der Waals surface area contributed by atoms with E-state index in [9.17, 15) is 0 Å². The van der Waals surface area contributed by atoms with E-state index in [1.807, 2.05) is 6.26 Å². The molecule has 0 amide bonds. The maximum atomic E-state index is 6.57. The van der Waals surface area contributed by atoms with E-state index in [-0.39, 0.29) is 0 Å². The van der Waals surface area contributed by atoms with Gasteiger partial charge in [0.05, 0.1) is 6.26 Å². The van der Waals surface area contributed by atoms with E-state index >= 15 is 0 Å². The van der Waals surface area contributed by atoms with Crippen LogP contribution in [0.4, 0.5) is 0 Å². The van der Waals surface area contributed by atoms with Crippen molar-refractivity contribution >= 4 is 32.7 Å². The van der Waals surface area contributed by atoms with E-state index in [4.69, 9.17) is 4.74 Å². The van der Waals surface area contributed by atoms with Crippen LogP contribution in [0.1, 0.15) is 24.0 Å². The van der Waals surface area contributed by atoms with Crippen molar-refractivity contribution in [2.24, 2.45) is 0 Å². The maximum absolute atomic E-state index is 6.57. The van der Waals surface area contributed by atoms with Crippen LogP contribution in [0.2, 0.25) is 0 Å². The molecule has 0 N–H and O–H groups in total. The minimum atomic E-state index is 0.840. The molecule has 45 heavy (non-hydrogen) atoms. The number of allylic oxidation sites excluding steroid dienone is 2. The van der Waals surface area contributed by atoms with E-state index in [0.29, 0.717) is 0 Å². The first-order valence-electron chi connectivity index (χ1n) is 15.6. The van der Waals surface area contributed by atoms with Gasteiger partial charge < -0.3 is 4.74 Å². The molecule has 0 aromatic heterocycles. The third-order valence-electron chi connectivity index (χ3n) is 9.01. The van der Waals surface area contributed by atoms with Crippen LogP contribution in [0.15, 0.2) is 165 Å². The fourth-order valence-electron chi connectivity index (χ4n) is 6.88. The third kappa shape index (κ3) is 4.83. The molecule has 0 atom stereocenters. The van der Waals surface area contributed by atoms with Crippen molar-refractivity contribution in [2.75, 3.05) is 0 Å². The number of rotatable bonds is 4. The summed E-state index contributed by atoms with van der Waals surface area (Å²) in [5.41, 5.74) is 11.8. The van der Waals surface area contributed by atoms with Gasteiger partial charge in [-0.1, -0.05) is 146 Å². The standard InChI is InChI=1S/C44H32O/c1-30-26-27-35(34-19-12-18-33(28-34)31-14-4-2-5-15-31)29-45-41-25-13-24-40(42(30)41)44-38-22-10-8-20-36(38)43(32-16-6-3-7-17-32)37-21-9-11-23-39(37)44/h2-25,28-29H,1,26-27H2/b35-29+. The molecule has 1 aliphatic rings. The lowest BCUT2D eigenvalue weighted by Gasteiger charge is -2.23. The molecule has 214 valence electrons. The van der Waals surface area contributed by atoms with Gasteiger partial charge in [0.2, 0.25) is 0 Å². The molecule has 7 aromatic rings. The van der Waals surface area contributed by atoms with Crippen LogP contribution in [-0.2, 0) is 0 Å². The first-order chi connectivity index (χ1) is 22.3. The van der Waals surface area contributed by atoms with Crippen molar-refractivity contribution in [3.05, 3.63) is 176 Å². The first-order valence-corrected chi connectivity index (χ1v) is 15.6. The number of benzene rings is 7. The minimum absolute atomic E-state index is 0.840. The van der Waals surface area contributed by atoms with Crippen LogP contribution in [0.25, 0.3) is 66.1 Å². The van der Waals surface area contributed by atoms with Gasteiger partial charge in [-0.05, 0) is 96.6 Å². The Morgan fingerprint density at radius 2 is 0.956 bits per heavy atom. The topological polar surface area (TPSA) is 9.23 Å². The van der Waals surface area contributed by atoms with Crippen LogP contribution in [0.3, 0.4) is 0 Å². The zero-order valence-electron chi connectivity index (χ0n) is 25.0. The summed E-state index contributed by atoms with van der Waals surface area (Å²) >= 11 is 0. The Kier molecular flexibility index (Phi) is 6.85. The Morgan fingerprint density at radius 3 is 1.62 bits per heavy atom. The summed E-state index contributed by atoms with van der Waals surface area (Å²) in [6.07, 6.45) is 3.64. The summed E-state index contributed by atoms with van der Waals surface area (Å²) in [5.74, 6) is 0.842. The van der Waals surface area contributed by atoms with Crippen molar-refractivity contribution in [3.8, 4) is 39.1 Å². The summed E-state index contributed by atoms with van der Waals surface area (Å²) in [5, 5.41) is 4.94. The van der Waals surface area contributed by atoms with Crippen LogP contribution in [0, 0.1) is 0 Å². The lowest BCUT2D eigenvalue weighted by atomic mass is 9.83.